The molecule has 2 amide bonds. The van der Waals surface area contributed by atoms with Crippen LogP contribution in [0.3, 0.4) is 0 Å². The summed E-state index contributed by atoms with van der Waals surface area (Å²) in [6.45, 7) is 1.41. The zero-order valence-electron chi connectivity index (χ0n) is 13.4. The Labute approximate surface area is 147 Å². The van der Waals surface area contributed by atoms with Crippen LogP contribution in [0.15, 0.2) is 54.6 Å². The molecule has 2 atom stereocenters. The van der Waals surface area contributed by atoms with Crippen LogP contribution < -0.4 is 5.32 Å². The number of amides is 2. The SMILES string of the molecule is O=C(NC(c1ccccc1)c1ccc(Cl)cc1)N1CCC(CO)C1. The van der Waals surface area contributed by atoms with Gasteiger partial charge in [0.1, 0.15) is 0 Å². The molecule has 126 valence electrons. The number of hydrogen-bond donors (Lipinski definition) is 2. The molecule has 0 aliphatic carbocycles. The number of urea groups is 1. The second kappa shape index (κ2) is 7.69. The molecule has 1 saturated heterocycles. The van der Waals surface area contributed by atoms with Crippen molar-refractivity contribution in [3.8, 4) is 0 Å². The van der Waals surface area contributed by atoms with Gasteiger partial charge in [0.15, 0.2) is 0 Å². The number of likely N-dealkylation sites (tertiary alicyclic amines) is 1. The summed E-state index contributed by atoms with van der Waals surface area (Å²) in [5, 5.41) is 13.0. The van der Waals surface area contributed by atoms with Gasteiger partial charge in [-0.15, -0.1) is 0 Å². The third-order valence-electron chi connectivity index (χ3n) is 4.44. The van der Waals surface area contributed by atoms with E-state index in [2.05, 4.69) is 5.32 Å². The van der Waals surface area contributed by atoms with E-state index in [0.29, 0.717) is 18.1 Å². The molecular formula is C19H21ClN2O2. The monoisotopic (exact) mass is 344 g/mol. The fraction of sp³-hybridized carbons (Fsp3) is 0.316. The second-order valence-corrected chi connectivity index (χ2v) is 6.56. The molecule has 5 heteroatoms. The third-order valence-corrected chi connectivity index (χ3v) is 4.69. The van der Waals surface area contributed by atoms with Crippen molar-refractivity contribution in [3.05, 3.63) is 70.7 Å². The Kier molecular flexibility index (Phi) is 5.38. The average molecular weight is 345 g/mol. The highest BCUT2D eigenvalue weighted by Gasteiger charge is 2.27. The quantitative estimate of drug-likeness (QED) is 0.892. The lowest BCUT2D eigenvalue weighted by Gasteiger charge is -2.24. The van der Waals surface area contributed by atoms with Gasteiger partial charge in [-0.2, -0.15) is 0 Å². The van der Waals surface area contributed by atoms with Crippen LogP contribution in [0.4, 0.5) is 4.79 Å². The maximum Gasteiger partial charge on any atom is 0.318 e. The minimum absolute atomic E-state index is 0.102. The molecule has 0 bridgehead atoms. The Bertz CT molecular complexity index is 676. The summed E-state index contributed by atoms with van der Waals surface area (Å²) >= 11 is 5.98. The summed E-state index contributed by atoms with van der Waals surface area (Å²) in [4.78, 5) is 14.4. The number of halogens is 1. The van der Waals surface area contributed by atoms with E-state index in [1.165, 1.54) is 0 Å². The van der Waals surface area contributed by atoms with Crippen molar-refractivity contribution in [2.75, 3.05) is 19.7 Å². The maximum atomic E-state index is 12.6. The van der Waals surface area contributed by atoms with Crippen LogP contribution in [0.2, 0.25) is 5.02 Å². The van der Waals surface area contributed by atoms with Crippen LogP contribution in [0.5, 0.6) is 0 Å². The first-order valence-corrected chi connectivity index (χ1v) is 8.52. The molecule has 1 fully saturated rings. The van der Waals surface area contributed by atoms with Crippen molar-refractivity contribution in [1.82, 2.24) is 10.2 Å². The van der Waals surface area contributed by atoms with Crippen molar-refractivity contribution in [3.63, 3.8) is 0 Å². The minimum Gasteiger partial charge on any atom is -0.396 e. The number of hydrogen-bond acceptors (Lipinski definition) is 2. The van der Waals surface area contributed by atoms with Crippen molar-refractivity contribution in [1.29, 1.82) is 0 Å². The standard InChI is InChI=1S/C19H21ClN2O2/c20-17-8-6-16(7-9-17)18(15-4-2-1-3-5-15)21-19(24)22-11-10-14(12-22)13-23/h1-9,14,18,23H,10-13H2,(H,21,24). The normalized spacial score (nSPS) is 18.4. The predicted molar refractivity (Wildman–Crippen MR) is 95.0 cm³/mol. The highest BCUT2D eigenvalue weighted by atomic mass is 35.5. The lowest BCUT2D eigenvalue weighted by Crippen LogP contribution is -2.40. The van der Waals surface area contributed by atoms with E-state index < -0.39 is 0 Å². The summed E-state index contributed by atoms with van der Waals surface area (Å²) < 4.78 is 0. The number of benzene rings is 2. The van der Waals surface area contributed by atoms with Crippen LogP contribution >= 0.6 is 11.6 Å². The molecule has 4 nitrogen and oxygen atoms in total. The molecule has 2 aromatic rings. The minimum atomic E-state index is -0.232. The lowest BCUT2D eigenvalue weighted by molar-refractivity contribution is 0.196. The molecule has 0 spiro atoms. The molecule has 2 N–H and O–H groups in total. The van der Waals surface area contributed by atoms with E-state index >= 15 is 0 Å². The molecule has 0 saturated carbocycles. The fourth-order valence-corrected chi connectivity index (χ4v) is 3.17. The van der Waals surface area contributed by atoms with Crippen molar-refractivity contribution >= 4 is 17.6 Å². The van der Waals surface area contributed by atoms with Crippen LogP contribution in [0, 0.1) is 5.92 Å². The molecule has 24 heavy (non-hydrogen) atoms. The lowest BCUT2D eigenvalue weighted by atomic mass is 9.99. The molecular weight excluding hydrogens is 324 g/mol. The van der Waals surface area contributed by atoms with Gasteiger partial charge < -0.3 is 15.3 Å². The molecule has 0 radical (unpaired) electrons. The smallest absolute Gasteiger partial charge is 0.318 e. The first-order valence-electron chi connectivity index (χ1n) is 8.14. The van der Waals surface area contributed by atoms with Crippen LogP contribution in [-0.2, 0) is 0 Å². The second-order valence-electron chi connectivity index (χ2n) is 6.13. The molecule has 1 aliphatic heterocycles. The predicted octanol–water partition coefficient (Wildman–Crippen LogP) is 3.45. The van der Waals surface area contributed by atoms with Gasteiger partial charge in [-0.05, 0) is 29.7 Å². The van der Waals surface area contributed by atoms with Crippen molar-refractivity contribution in [2.24, 2.45) is 5.92 Å². The van der Waals surface area contributed by atoms with E-state index in [1.807, 2.05) is 54.6 Å². The molecule has 2 unspecified atom stereocenters. The van der Waals surface area contributed by atoms with Crippen molar-refractivity contribution < 1.29 is 9.90 Å². The largest absolute Gasteiger partial charge is 0.396 e. The highest BCUT2D eigenvalue weighted by Crippen LogP contribution is 2.24. The van der Waals surface area contributed by atoms with Crippen LogP contribution in [-0.4, -0.2) is 35.7 Å². The van der Waals surface area contributed by atoms with Gasteiger partial charge in [0.25, 0.3) is 0 Å². The maximum absolute atomic E-state index is 12.6. The first-order chi connectivity index (χ1) is 11.7. The van der Waals surface area contributed by atoms with E-state index in [1.54, 1.807) is 4.90 Å². The number of rotatable bonds is 4. The zero-order chi connectivity index (χ0) is 16.9. The van der Waals surface area contributed by atoms with E-state index in [-0.39, 0.29) is 24.6 Å². The number of aliphatic hydroxyl groups is 1. The fourth-order valence-electron chi connectivity index (χ4n) is 3.04. The first kappa shape index (κ1) is 16.8. The summed E-state index contributed by atoms with van der Waals surface area (Å²) in [6.07, 6.45) is 0.848. The van der Waals surface area contributed by atoms with Gasteiger partial charge in [-0.25, -0.2) is 4.79 Å². The summed E-state index contributed by atoms with van der Waals surface area (Å²) in [6, 6.07) is 17.1. The number of aliphatic hydroxyl groups excluding tert-OH is 1. The molecule has 2 aromatic carbocycles. The topological polar surface area (TPSA) is 52.6 Å². The van der Waals surface area contributed by atoms with Crippen molar-refractivity contribution in [2.45, 2.75) is 12.5 Å². The Morgan fingerprint density at radius 1 is 1.17 bits per heavy atom. The summed E-state index contributed by atoms with van der Waals surface area (Å²) in [5.41, 5.74) is 2.00. The van der Waals surface area contributed by atoms with Gasteiger partial charge in [0, 0.05) is 30.6 Å². The molecule has 1 heterocycles. The van der Waals surface area contributed by atoms with E-state index in [9.17, 15) is 9.90 Å². The number of carbonyl (C=O) groups is 1. The van der Waals surface area contributed by atoms with Crippen LogP contribution in [0.25, 0.3) is 0 Å². The summed E-state index contributed by atoms with van der Waals surface area (Å²) in [7, 11) is 0. The van der Waals surface area contributed by atoms with Crippen LogP contribution in [0.1, 0.15) is 23.6 Å². The van der Waals surface area contributed by atoms with Gasteiger partial charge in [-0.1, -0.05) is 54.1 Å². The molecule has 0 aromatic heterocycles. The zero-order valence-corrected chi connectivity index (χ0v) is 14.1. The Balaban J connectivity index is 1.80. The van der Waals surface area contributed by atoms with E-state index in [0.717, 1.165) is 17.5 Å². The molecule has 3 rings (SSSR count). The average Bonchev–Trinajstić information content (AvgIpc) is 3.10. The number of nitrogens with zero attached hydrogens (tertiary/aromatic N) is 1. The van der Waals surface area contributed by atoms with Gasteiger partial charge in [0.05, 0.1) is 6.04 Å². The van der Waals surface area contributed by atoms with Gasteiger partial charge in [0.2, 0.25) is 0 Å². The third kappa shape index (κ3) is 3.89. The number of nitrogens with one attached hydrogen (secondary N) is 1. The Morgan fingerprint density at radius 3 is 2.46 bits per heavy atom. The van der Waals surface area contributed by atoms with E-state index in [4.69, 9.17) is 11.6 Å². The van der Waals surface area contributed by atoms with Gasteiger partial charge in [-0.3, -0.25) is 0 Å². The summed E-state index contributed by atoms with van der Waals surface area (Å²) in [5.74, 6) is 0.182. The Morgan fingerprint density at radius 2 is 1.83 bits per heavy atom. The van der Waals surface area contributed by atoms with Gasteiger partial charge >= 0.3 is 6.03 Å². The number of carbonyl (C=O) groups excluding carboxylic acids is 1. The molecule has 1 aliphatic rings. The highest BCUT2D eigenvalue weighted by molar-refractivity contribution is 6.30. The Hall–Kier alpha value is -2.04.